The topological polar surface area (TPSA) is 97.1 Å². The van der Waals surface area contributed by atoms with Crippen molar-refractivity contribution >= 4 is 34.8 Å². The molecule has 2 aromatic heterocycles. The van der Waals surface area contributed by atoms with Crippen molar-refractivity contribution in [2.24, 2.45) is 5.73 Å². The minimum atomic E-state index is -4.59. The van der Waals surface area contributed by atoms with Crippen molar-refractivity contribution in [1.82, 2.24) is 14.6 Å². The van der Waals surface area contributed by atoms with Crippen molar-refractivity contribution in [3.8, 4) is 6.07 Å². The van der Waals surface area contributed by atoms with Crippen molar-refractivity contribution in [3.05, 3.63) is 34.1 Å². The van der Waals surface area contributed by atoms with Crippen molar-refractivity contribution in [2.75, 3.05) is 5.75 Å². The Morgan fingerprint density at radius 1 is 1.50 bits per heavy atom. The average Bonchev–Trinajstić information content (AvgIpc) is 2.88. The minimum absolute atomic E-state index is 0.0330. The van der Waals surface area contributed by atoms with Crippen LogP contribution in [0.25, 0.3) is 5.65 Å². The molecule has 0 aliphatic carbocycles. The van der Waals surface area contributed by atoms with E-state index in [0.717, 1.165) is 28.4 Å². The van der Waals surface area contributed by atoms with Gasteiger partial charge in [0.1, 0.15) is 11.6 Å². The largest absolute Gasteiger partial charge is 0.417 e. The normalized spacial score (nSPS) is 12.8. The highest BCUT2D eigenvalue weighted by Crippen LogP contribution is 2.33. The zero-order valence-electron chi connectivity index (χ0n) is 12.1. The van der Waals surface area contributed by atoms with Crippen LogP contribution in [0.1, 0.15) is 12.5 Å². The van der Waals surface area contributed by atoms with E-state index in [4.69, 9.17) is 22.6 Å². The number of aromatic nitrogens is 3. The Labute approximate surface area is 143 Å². The van der Waals surface area contributed by atoms with Gasteiger partial charge < -0.3 is 5.73 Å². The fourth-order valence-corrected chi connectivity index (χ4v) is 2.79. The SMILES string of the molecule is C/C(N)=C(\C#N)C(=O)CSc1nnc2c(Cl)cc(C(F)(F)F)cn12. The monoisotopic (exact) mass is 375 g/mol. The van der Waals surface area contributed by atoms with Gasteiger partial charge in [-0.2, -0.15) is 18.4 Å². The van der Waals surface area contributed by atoms with Gasteiger partial charge in [0.2, 0.25) is 0 Å². The predicted molar refractivity (Wildman–Crippen MR) is 81.2 cm³/mol. The summed E-state index contributed by atoms with van der Waals surface area (Å²) in [5, 5.41) is 16.1. The zero-order chi connectivity index (χ0) is 18.1. The third-order valence-electron chi connectivity index (χ3n) is 2.87. The molecule has 0 radical (unpaired) electrons. The number of rotatable bonds is 4. The Morgan fingerprint density at radius 3 is 2.71 bits per heavy atom. The van der Waals surface area contributed by atoms with E-state index < -0.39 is 17.5 Å². The molecule has 0 amide bonds. The van der Waals surface area contributed by atoms with Crippen LogP contribution in [0.5, 0.6) is 0 Å². The van der Waals surface area contributed by atoms with Gasteiger partial charge in [0.05, 0.1) is 16.3 Å². The van der Waals surface area contributed by atoms with E-state index in [1.165, 1.54) is 6.92 Å². The molecule has 0 aromatic carbocycles. The van der Waals surface area contributed by atoms with Gasteiger partial charge in [-0.15, -0.1) is 10.2 Å². The molecule has 2 N–H and O–H groups in total. The number of ketones is 1. The smallest absolute Gasteiger partial charge is 0.401 e. The Morgan fingerprint density at radius 2 is 2.17 bits per heavy atom. The number of nitriles is 1. The standard InChI is InChI=1S/C13H9ClF3N5OS/c1-6(19)8(3-18)10(23)5-24-12-21-20-11-9(14)2-7(4-22(11)12)13(15,16)17/h2,4H,5,19H2,1H3/b8-6-. The summed E-state index contributed by atoms with van der Waals surface area (Å²) >= 11 is 6.62. The number of halogens is 4. The average molecular weight is 376 g/mol. The Bertz CT molecular complexity index is 880. The fourth-order valence-electron chi connectivity index (χ4n) is 1.76. The molecular formula is C13H9ClF3N5OS. The molecular weight excluding hydrogens is 367 g/mol. The molecule has 0 bridgehead atoms. The number of pyridine rings is 1. The Kier molecular flexibility index (Phi) is 5.05. The fraction of sp³-hybridized carbons (Fsp3) is 0.231. The summed E-state index contributed by atoms with van der Waals surface area (Å²) in [6.45, 7) is 1.41. The molecule has 0 unspecified atom stereocenters. The number of fused-ring (bicyclic) bond motifs is 1. The molecule has 0 aliphatic rings. The van der Waals surface area contributed by atoms with Gasteiger partial charge in [0, 0.05) is 11.9 Å². The van der Waals surface area contributed by atoms with Crippen LogP contribution in [0, 0.1) is 11.3 Å². The first kappa shape index (κ1) is 18.1. The second-order valence-corrected chi connectivity index (χ2v) is 5.98. The first-order valence-corrected chi connectivity index (χ1v) is 7.65. The van der Waals surface area contributed by atoms with Gasteiger partial charge in [0.25, 0.3) is 0 Å². The maximum Gasteiger partial charge on any atom is 0.417 e. The highest BCUT2D eigenvalue weighted by atomic mass is 35.5. The molecule has 126 valence electrons. The highest BCUT2D eigenvalue weighted by molar-refractivity contribution is 7.99. The number of alkyl halides is 3. The van der Waals surface area contributed by atoms with E-state index in [1.54, 1.807) is 6.07 Å². The van der Waals surface area contributed by atoms with E-state index in [0.29, 0.717) is 0 Å². The van der Waals surface area contributed by atoms with Crippen LogP contribution in [0.2, 0.25) is 5.02 Å². The third-order valence-corrected chi connectivity index (χ3v) is 4.09. The second-order valence-electron chi connectivity index (χ2n) is 4.63. The number of carbonyl (C=O) groups excluding carboxylic acids is 1. The lowest BCUT2D eigenvalue weighted by Crippen LogP contribution is -2.11. The molecule has 0 aliphatic heterocycles. The van der Waals surface area contributed by atoms with Gasteiger partial charge >= 0.3 is 6.18 Å². The summed E-state index contributed by atoms with van der Waals surface area (Å²) in [5.74, 6) is -0.788. The summed E-state index contributed by atoms with van der Waals surface area (Å²) in [6, 6.07) is 2.44. The molecule has 2 rings (SSSR count). The lowest BCUT2D eigenvalue weighted by Gasteiger charge is -2.08. The van der Waals surface area contributed by atoms with Crippen molar-refractivity contribution < 1.29 is 18.0 Å². The first-order valence-electron chi connectivity index (χ1n) is 6.29. The van der Waals surface area contributed by atoms with Gasteiger partial charge in [-0.05, 0) is 13.0 Å². The molecule has 0 spiro atoms. The Balaban J connectivity index is 2.34. The van der Waals surface area contributed by atoms with E-state index in [2.05, 4.69) is 10.2 Å². The zero-order valence-corrected chi connectivity index (χ0v) is 13.6. The summed E-state index contributed by atoms with van der Waals surface area (Å²) in [5.41, 5.74) is 4.35. The van der Waals surface area contributed by atoms with Crippen LogP contribution < -0.4 is 5.73 Å². The summed E-state index contributed by atoms with van der Waals surface area (Å²) < 4.78 is 39.6. The van der Waals surface area contributed by atoms with Crippen LogP contribution >= 0.6 is 23.4 Å². The number of nitrogens with two attached hydrogens (primary N) is 1. The van der Waals surface area contributed by atoms with E-state index in [1.807, 2.05) is 0 Å². The number of Topliss-reactive ketones (excluding diaryl/α,β-unsaturated/α-hetero) is 1. The van der Waals surface area contributed by atoms with E-state index in [-0.39, 0.29) is 32.8 Å². The van der Waals surface area contributed by atoms with Crippen LogP contribution in [-0.2, 0) is 11.0 Å². The molecule has 0 fully saturated rings. The maximum atomic E-state index is 12.9. The molecule has 2 heterocycles. The molecule has 6 nitrogen and oxygen atoms in total. The molecule has 0 saturated heterocycles. The van der Waals surface area contributed by atoms with Crippen molar-refractivity contribution in [2.45, 2.75) is 18.3 Å². The minimum Gasteiger partial charge on any atom is -0.401 e. The number of allylic oxidation sites excluding steroid dienone is 2. The van der Waals surface area contributed by atoms with Crippen molar-refractivity contribution in [1.29, 1.82) is 5.26 Å². The third kappa shape index (κ3) is 3.63. The number of thioether (sulfide) groups is 1. The van der Waals surface area contributed by atoms with Crippen LogP contribution in [0.15, 0.2) is 28.7 Å². The number of hydrogen-bond acceptors (Lipinski definition) is 6. The molecule has 0 atom stereocenters. The quantitative estimate of drug-likeness (QED) is 0.501. The van der Waals surface area contributed by atoms with E-state index >= 15 is 0 Å². The van der Waals surface area contributed by atoms with Crippen LogP contribution in [0.4, 0.5) is 13.2 Å². The highest BCUT2D eigenvalue weighted by Gasteiger charge is 2.32. The van der Waals surface area contributed by atoms with Gasteiger partial charge in [-0.25, -0.2) is 0 Å². The number of carbonyl (C=O) groups is 1. The summed E-state index contributed by atoms with van der Waals surface area (Å²) in [6.07, 6.45) is -3.80. The lowest BCUT2D eigenvalue weighted by molar-refractivity contribution is -0.137. The van der Waals surface area contributed by atoms with Crippen molar-refractivity contribution in [3.63, 3.8) is 0 Å². The predicted octanol–water partition coefficient (Wildman–Crippen LogP) is 2.82. The maximum absolute atomic E-state index is 12.9. The van der Waals surface area contributed by atoms with E-state index in [9.17, 15) is 18.0 Å². The first-order chi connectivity index (χ1) is 11.1. The number of nitrogens with zero attached hydrogens (tertiary/aromatic N) is 4. The van der Waals surface area contributed by atoms with Crippen LogP contribution in [-0.4, -0.2) is 26.1 Å². The van der Waals surface area contributed by atoms with Crippen LogP contribution in [0.3, 0.4) is 0 Å². The number of hydrogen-bond donors (Lipinski definition) is 1. The van der Waals surface area contributed by atoms with Gasteiger partial charge in [0.15, 0.2) is 16.6 Å². The summed E-state index contributed by atoms with van der Waals surface area (Å²) in [4.78, 5) is 11.9. The molecule has 11 heteroatoms. The summed E-state index contributed by atoms with van der Waals surface area (Å²) in [7, 11) is 0. The van der Waals surface area contributed by atoms with Gasteiger partial charge in [-0.1, -0.05) is 23.4 Å². The molecule has 2 aromatic rings. The molecule has 24 heavy (non-hydrogen) atoms. The molecule has 0 saturated carbocycles. The Hall–Kier alpha value is -2.25. The lowest BCUT2D eigenvalue weighted by atomic mass is 10.2. The van der Waals surface area contributed by atoms with Gasteiger partial charge in [-0.3, -0.25) is 9.20 Å². The second kappa shape index (κ2) is 6.70.